The quantitative estimate of drug-likeness (QED) is 0.888. The van der Waals surface area contributed by atoms with Crippen molar-refractivity contribution in [2.45, 2.75) is 13.8 Å². The first kappa shape index (κ1) is 15.6. The smallest absolute Gasteiger partial charge is 0.307 e. The molecule has 0 bridgehead atoms. The van der Waals surface area contributed by atoms with Crippen molar-refractivity contribution in [3.05, 3.63) is 28.2 Å². The van der Waals surface area contributed by atoms with Gasteiger partial charge in [0.1, 0.15) is 5.69 Å². The van der Waals surface area contributed by atoms with Crippen molar-refractivity contribution in [1.29, 1.82) is 0 Å². The molecular weight excluding hydrogens is 324 g/mol. The number of amides is 1. The first-order chi connectivity index (χ1) is 8.73. The number of nitrogens with one attached hydrogen (secondary N) is 1. The summed E-state index contributed by atoms with van der Waals surface area (Å²) in [5.41, 5.74) is -0.586. The van der Waals surface area contributed by atoms with Crippen LogP contribution in [0.25, 0.3) is 0 Å². The third-order valence-electron chi connectivity index (χ3n) is 2.81. The molecule has 2 N–H and O–H groups in total. The van der Waals surface area contributed by atoms with E-state index in [0.29, 0.717) is 0 Å². The minimum Gasteiger partial charge on any atom is -0.481 e. The Bertz CT molecular complexity index is 499. The molecule has 0 spiro atoms. The Labute approximate surface area is 116 Å². The van der Waals surface area contributed by atoms with Crippen LogP contribution < -0.4 is 5.32 Å². The van der Waals surface area contributed by atoms with Gasteiger partial charge in [-0.1, -0.05) is 29.8 Å². The van der Waals surface area contributed by atoms with Crippen molar-refractivity contribution in [1.82, 2.24) is 0 Å². The summed E-state index contributed by atoms with van der Waals surface area (Å²) in [5.74, 6) is -5.65. The van der Waals surface area contributed by atoms with Crippen LogP contribution in [0.5, 0.6) is 0 Å². The van der Waals surface area contributed by atoms with E-state index < -0.39 is 41.0 Å². The molecule has 1 aromatic rings. The molecule has 104 valence electrons. The summed E-state index contributed by atoms with van der Waals surface area (Å²) in [6.07, 6.45) is 0. The molecule has 0 aliphatic carbocycles. The summed E-state index contributed by atoms with van der Waals surface area (Å²) in [6.45, 7) is 2.73. The molecule has 0 saturated heterocycles. The number of hydrogen-bond acceptors (Lipinski definition) is 2. The molecule has 0 radical (unpaired) electrons. The Morgan fingerprint density at radius 1 is 1.21 bits per heavy atom. The Morgan fingerprint density at radius 3 is 2.11 bits per heavy atom. The maximum absolute atomic E-state index is 13.5. The van der Waals surface area contributed by atoms with Gasteiger partial charge in [-0.2, -0.15) is 0 Å². The van der Waals surface area contributed by atoms with Crippen molar-refractivity contribution >= 4 is 33.5 Å². The van der Waals surface area contributed by atoms with E-state index in [9.17, 15) is 18.4 Å². The van der Waals surface area contributed by atoms with Crippen LogP contribution in [0.1, 0.15) is 13.8 Å². The van der Waals surface area contributed by atoms with Crippen molar-refractivity contribution < 1.29 is 23.5 Å². The van der Waals surface area contributed by atoms with Gasteiger partial charge in [0.25, 0.3) is 0 Å². The lowest BCUT2D eigenvalue weighted by Crippen LogP contribution is -2.30. The van der Waals surface area contributed by atoms with E-state index in [1.165, 1.54) is 13.8 Å². The standard InChI is InChI=1S/C12H12BrF2NO3/c1-5(6(2)12(18)19)11(17)16-10-8(14)3-7(13)4-9(10)15/h3-6H,1-2H3,(H,16,17)(H,18,19). The molecule has 0 saturated carbocycles. The minimum absolute atomic E-state index is 0.201. The molecule has 0 aliphatic heterocycles. The van der Waals surface area contributed by atoms with E-state index in [4.69, 9.17) is 5.11 Å². The van der Waals surface area contributed by atoms with Gasteiger partial charge >= 0.3 is 5.97 Å². The minimum atomic E-state index is -1.15. The lowest BCUT2D eigenvalue weighted by Gasteiger charge is -2.16. The molecule has 7 heteroatoms. The normalized spacial score (nSPS) is 13.7. The molecule has 19 heavy (non-hydrogen) atoms. The summed E-state index contributed by atoms with van der Waals surface area (Å²) < 4.78 is 27.2. The van der Waals surface area contributed by atoms with Gasteiger partial charge in [-0.15, -0.1) is 0 Å². The summed E-state index contributed by atoms with van der Waals surface area (Å²) >= 11 is 2.91. The number of rotatable bonds is 4. The molecule has 1 aromatic carbocycles. The second-order valence-electron chi connectivity index (χ2n) is 4.15. The molecule has 0 aliphatic rings. The van der Waals surface area contributed by atoms with Crippen LogP contribution in [-0.4, -0.2) is 17.0 Å². The lowest BCUT2D eigenvalue weighted by molar-refractivity contribution is -0.145. The second kappa shape index (κ2) is 6.10. The predicted octanol–water partition coefficient (Wildman–Crippen LogP) is 3.02. The molecule has 0 heterocycles. The zero-order valence-corrected chi connectivity index (χ0v) is 11.8. The van der Waals surface area contributed by atoms with Crippen molar-refractivity contribution in [2.75, 3.05) is 5.32 Å². The van der Waals surface area contributed by atoms with Gasteiger partial charge in [-0.05, 0) is 12.1 Å². The van der Waals surface area contributed by atoms with Crippen molar-refractivity contribution in [2.24, 2.45) is 11.8 Å². The number of carboxylic acids is 1. The fraction of sp³-hybridized carbons (Fsp3) is 0.333. The third kappa shape index (κ3) is 3.73. The van der Waals surface area contributed by atoms with Crippen LogP contribution in [0.2, 0.25) is 0 Å². The van der Waals surface area contributed by atoms with E-state index in [1.807, 2.05) is 0 Å². The Kier molecular flexibility index (Phi) is 4.99. The van der Waals surface area contributed by atoms with E-state index in [0.717, 1.165) is 12.1 Å². The highest BCUT2D eigenvalue weighted by molar-refractivity contribution is 9.10. The maximum atomic E-state index is 13.5. The van der Waals surface area contributed by atoms with Crippen LogP contribution in [0, 0.1) is 23.5 Å². The van der Waals surface area contributed by atoms with E-state index in [2.05, 4.69) is 21.2 Å². The predicted molar refractivity (Wildman–Crippen MR) is 68.7 cm³/mol. The monoisotopic (exact) mass is 335 g/mol. The number of carbonyl (C=O) groups excluding carboxylic acids is 1. The third-order valence-corrected chi connectivity index (χ3v) is 3.27. The van der Waals surface area contributed by atoms with Crippen molar-refractivity contribution in [3.63, 3.8) is 0 Å². The molecule has 1 amide bonds. The average Bonchev–Trinajstić information content (AvgIpc) is 2.31. The van der Waals surface area contributed by atoms with E-state index in [1.54, 1.807) is 0 Å². The van der Waals surface area contributed by atoms with Crippen molar-refractivity contribution in [3.8, 4) is 0 Å². The van der Waals surface area contributed by atoms with Crippen LogP contribution >= 0.6 is 15.9 Å². The summed E-state index contributed by atoms with van der Waals surface area (Å²) in [7, 11) is 0. The Hall–Kier alpha value is -1.50. The molecule has 4 nitrogen and oxygen atoms in total. The van der Waals surface area contributed by atoms with E-state index in [-0.39, 0.29) is 4.47 Å². The number of carbonyl (C=O) groups is 2. The average molecular weight is 336 g/mol. The lowest BCUT2D eigenvalue weighted by atomic mass is 9.95. The van der Waals surface area contributed by atoms with Crippen LogP contribution in [0.15, 0.2) is 16.6 Å². The number of benzene rings is 1. The second-order valence-corrected chi connectivity index (χ2v) is 5.06. The Balaban J connectivity index is 2.92. The van der Waals surface area contributed by atoms with E-state index >= 15 is 0 Å². The SMILES string of the molecule is CC(C(=O)O)C(C)C(=O)Nc1c(F)cc(Br)cc1F. The number of hydrogen-bond donors (Lipinski definition) is 2. The van der Waals surface area contributed by atoms with Gasteiger partial charge in [0.2, 0.25) is 5.91 Å². The molecule has 2 unspecified atom stereocenters. The van der Waals surface area contributed by atoms with Crippen LogP contribution in [0.3, 0.4) is 0 Å². The Morgan fingerprint density at radius 2 is 1.68 bits per heavy atom. The summed E-state index contributed by atoms with van der Waals surface area (Å²) in [5, 5.41) is 10.8. The summed E-state index contributed by atoms with van der Waals surface area (Å²) in [4.78, 5) is 22.5. The fourth-order valence-electron chi connectivity index (χ4n) is 1.34. The van der Waals surface area contributed by atoms with Gasteiger partial charge in [-0.3, -0.25) is 9.59 Å². The fourth-order valence-corrected chi connectivity index (χ4v) is 1.74. The zero-order valence-electron chi connectivity index (χ0n) is 10.2. The van der Waals surface area contributed by atoms with Gasteiger partial charge in [0, 0.05) is 10.4 Å². The van der Waals surface area contributed by atoms with Crippen LogP contribution in [0.4, 0.5) is 14.5 Å². The zero-order chi connectivity index (χ0) is 14.7. The first-order valence-corrected chi connectivity index (χ1v) is 6.21. The highest BCUT2D eigenvalue weighted by atomic mass is 79.9. The highest BCUT2D eigenvalue weighted by Crippen LogP contribution is 2.25. The molecule has 0 fully saturated rings. The summed E-state index contributed by atoms with van der Waals surface area (Å²) in [6, 6.07) is 2.01. The number of halogens is 3. The highest BCUT2D eigenvalue weighted by Gasteiger charge is 2.27. The number of anilines is 1. The topological polar surface area (TPSA) is 66.4 Å². The first-order valence-electron chi connectivity index (χ1n) is 5.42. The van der Waals surface area contributed by atoms with Gasteiger partial charge in [-0.25, -0.2) is 8.78 Å². The van der Waals surface area contributed by atoms with Crippen LogP contribution in [-0.2, 0) is 9.59 Å². The largest absolute Gasteiger partial charge is 0.481 e. The van der Waals surface area contributed by atoms with Gasteiger partial charge in [0.05, 0.1) is 5.92 Å². The van der Waals surface area contributed by atoms with Gasteiger partial charge < -0.3 is 10.4 Å². The molecular formula is C12H12BrF2NO3. The molecule has 2 atom stereocenters. The maximum Gasteiger partial charge on any atom is 0.307 e. The van der Waals surface area contributed by atoms with Gasteiger partial charge in [0.15, 0.2) is 11.6 Å². The molecule has 1 rings (SSSR count). The number of aliphatic carboxylic acids is 1. The number of carboxylic acid groups (broad SMARTS) is 1. The molecule has 0 aromatic heterocycles.